The van der Waals surface area contributed by atoms with Crippen molar-refractivity contribution in [3.05, 3.63) is 355 Å². The molecular formula is C98H68BBrN8O4. The van der Waals surface area contributed by atoms with Gasteiger partial charge in [0.15, 0.2) is 34.9 Å². The van der Waals surface area contributed by atoms with E-state index in [9.17, 15) is 5.26 Å². The fraction of sp³-hybridized carbons (Fsp3) is 0.0612. The third-order valence-corrected chi connectivity index (χ3v) is 21.2. The van der Waals surface area contributed by atoms with Gasteiger partial charge in [-0.15, -0.1) is 0 Å². The van der Waals surface area contributed by atoms with E-state index < -0.39 is 18.3 Å². The Labute approximate surface area is 657 Å². The average molecular weight is 1510 g/mol. The van der Waals surface area contributed by atoms with Gasteiger partial charge in [-0.3, -0.25) is 0 Å². The summed E-state index contributed by atoms with van der Waals surface area (Å²) < 4.78 is 27.4. The number of rotatable bonds is 12. The molecule has 0 unspecified atom stereocenters. The molecule has 1 aliphatic rings. The van der Waals surface area contributed by atoms with E-state index in [1.165, 1.54) is 0 Å². The minimum Gasteiger partial charge on any atom is -0.456 e. The monoisotopic (exact) mass is 1510 g/mol. The van der Waals surface area contributed by atoms with Crippen LogP contribution in [-0.4, -0.2) is 48.2 Å². The van der Waals surface area contributed by atoms with E-state index in [-0.39, 0.29) is 0 Å². The maximum absolute atomic E-state index is 9.23. The summed E-state index contributed by atoms with van der Waals surface area (Å²) in [6, 6.07) is 118. The topological polar surface area (TPSA) is 170 Å². The van der Waals surface area contributed by atoms with Gasteiger partial charge in [-0.05, 0) is 138 Å². The molecule has 1 saturated heterocycles. The molecule has 0 bridgehead atoms. The van der Waals surface area contributed by atoms with Gasteiger partial charge in [0.05, 0.1) is 34.5 Å². The molecule has 0 spiro atoms. The highest BCUT2D eigenvalue weighted by atomic mass is 79.9. The Morgan fingerprint density at radius 3 is 0.946 bits per heavy atom. The summed E-state index contributed by atoms with van der Waals surface area (Å²) in [6.45, 7) is 8.29. The molecule has 12 nitrogen and oxygen atoms in total. The molecule has 534 valence electrons. The van der Waals surface area contributed by atoms with Gasteiger partial charge < -0.3 is 18.1 Å². The number of para-hydroxylation sites is 2. The largest absolute Gasteiger partial charge is 0.499 e. The molecule has 18 aromatic rings. The fourth-order valence-electron chi connectivity index (χ4n) is 14.0. The molecule has 19 rings (SSSR count). The summed E-state index contributed by atoms with van der Waals surface area (Å²) >= 11 is 3.40. The first-order valence-electron chi connectivity index (χ1n) is 36.9. The van der Waals surface area contributed by atoms with Crippen LogP contribution < -0.4 is 5.46 Å². The Morgan fingerprint density at radius 2 is 0.562 bits per heavy atom. The minimum atomic E-state index is -0.602. The smallest absolute Gasteiger partial charge is 0.456 e. The summed E-state index contributed by atoms with van der Waals surface area (Å²) in [5.74, 6) is 3.74. The zero-order valence-corrected chi connectivity index (χ0v) is 63.1. The van der Waals surface area contributed by atoms with Crippen LogP contribution in [0.5, 0.6) is 0 Å². The number of hydrogen-bond donors (Lipinski definition) is 0. The second-order valence-corrected chi connectivity index (χ2v) is 29.2. The molecule has 1 aliphatic heterocycles. The summed E-state index contributed by atoms with van der Waals surface area (Å²) in [7, 11) is -0.602. The Kier molecular flexibility index (Phi) is 19.5. The van der Waals surface area contributed by atoms with Crippen LogP contribution in [0, 0.1) is 22.7 Å². The van der Waals surface area contributed by atoms with Crippen LogP contribution in [0.3, 0.4) is 0 Å². The molecule has 1 fully saturated rings. The van der Waals surface area contributed by atoms with Gasteiger partial charge in [-0.1, -0.05) is 295 Å². The molecule has 14 aromatic carbocycles. The highest BCUT2D eigenvalue weighted by molar-refractivity contribution is 9.10. The number of aromatic nitrogens is 6. The number of benzene rings is 14. The summed E-state index contributed by atoms with van der Waals surface area (Å²) in [6.07, 6.45) is 0. The third-order valence-electron chi connectivity index (χ3n) is 20.6. The van der Waals surface area contributed by atoms with Crippen LogP contribution in [-0.2, 0) is 9.31 Å². The van der Waals surface area contributed by atoms with Gasteiger partial charge in [0, 0.05) is 70.4 Å². The van der Waals surface area contributed by atoms with Crippen molar-refractivity contribution < 1.29 is 18.1 Å². The van der Waals surface area contributed by atoms with Crippen LogP contribution >= 0.6 is 15.9 Å². The van der Waals surface area contributed by atoms with Crippen LogP contribution in [0.4, 0.5) is 0 Å². The van der Waals surface area contributed by atoms with Crippen molar-refractivity contribution in [3.63, 3.8) is 0 Å². The first-order chi connectivity index (χ1) is 54.8. The van der Waals surface area contributed by atoms with Crippen molar-refractivity contribution in [3.8, 4) is 136 Å². The SMILES string of the molecule is CC1(C)OB(c2c(-c3ccc(-c4nc(-c5ccccc5)nc(-c5ccccc5)n4)cc3)ccc3c2oc2ccccc23)OC1(C)C.N#Cc1ccc(-c2ccc(-c3c(-c4ccc(-c5nc(-c6ccccc6)nc(-c6ccccc6)n5)cc4)ccc4c3oc3ccccc34)cc2)cc1.N#Cc1ccc(-c2ccc(Br)cc2)cc1. The quantitative estimate of drug-likeness (QED) is 0.106. The van der Waals surface area contributed by atoms with Crippen LogP contribution in [0.1, 0.15) is 38.8 Å². The normalized spacial score (nSPS) is 12.7. The standard InChI is InChI=1S/C46H28N4O.C39H32BN3O3.C13H8BrN/c47-29-30-15-17-31(18-16-30)32-19-23-34(24-20-32)42-38(27-28-40-39-13-7-8-14-41(39)51-43(40)42)33-21-25-37(26-22-33)46-49-44(35-9-3-1-4-10-35)48-45(50-46)36-11-5-2-6-12-36;1-38(2)39(3,4)46-40(45-38)33-29(23-24-31-30-17-11-12-18-32(30)44-34(31)33)25-19-21-28(22-20-25)37-42-35(26-13-7-5-8-14-26)41-36(43-37)27-15-9-6-10-16-27;14-13-7-5-12(6-8-13)11-3-1-10(9-15)2-4-11/h1-28H;5-24H,1-4H3;1-8H. The summed E-state index contributed by atoms with van der Waals surface area (Å²) in [4.78, 5) is 29.3. The second-order valence-electron chi connectivity index (χ2n) is 28.2. The lowest BCUT2D eigenvalue weighted by atomic mass is 9.73. The molecule has 4 aromatic heterocycles. The molecule has 14 heteroatoms. The van der Waals surface area contributed by atoms with Crippen molar-refractivity contribution in [1.29, 1.82) is 10.5 Å². The Morgan fingerprint density at radius 1 is 0.277 bits per heavy atom. The van der Waals surface area contributed by atoms with E-state index in [1.807, 2.05) is 231 Å². The van der Waals surface area contributed by atoms with Gasteiger partial charge in [0.25, 0.3) is 0 Å². The number of furan rings is 2. The zero-order chi connectivity index (χ0) is 76.3. The predicted octanol–water partition coefficient (Wildman–Crippen LogP) is 24.4. The number of fused-ring (bicyclic) bond motifs is 6. The van der Waals surface area contributed by atoms with Gasteiger partial charge in [0.2, 0.25) is 0 Å². The van der Waals surface area contributed by atoms with Crippen LogP contribution in [0.25, 0.3) is 168 Å². The highest BCUT2D eigenvalue weighted by Crippen LogP contribution is 2.45. The van der Waals surface area contributed by atoms with Gasteiger partial charge in [-0.2, -0.15) is 10.5 Å². The zero-order valence-electron chi connectivity index (χ0n) is 61.5. The van der Waals surface area contributed by atoms with Crippen molar-refractivity contribution in [2.45, 2.75) is 38.9 Å². The lowest BCUT2D eigenvalue weighted by molar-refractivity contribution is 0.00578. The highest BCUT2D eigenvalue weighted by Gasteiger charge is 2.53. The molecule has 112 heavy (non-hydrogen) atoms. The van der Waals surface area contributed by atoms with Gasteiger partial charge >= 0.3 is 7.12 Å². The van der Waals surface area contributed by atoms with Crippen molar-refractivity contribution >= 4 is 72.4 Å². The van der Waals surface area contributed by atoms with Gasteiger partial charge in [0.1, 0.15) is 22.3 Å². The molecule has 0 radical (unpaired) electrons. The molecule has 5 heterocycles. The number of halogens is 1. The fourth-order valence-corrected chi connectivity index (χ4v) is 14.3. The van der Waals surface area contributed by atoms with E-state index in [2.05, 4.69) is 165 Å². The average Bonchev–Trinajstić information content (AvgIpc) is 1.61. The number of nitriles is 2. The van der Waals surface area contributed by atoms with E-state index in [0.717, 1.165) is 143 Å². The third kappa shape index (κ3) is 14.5. The Balaban J connectivity index is 0.000000138. The number of nitrogens with zero attached hydrogens (tertiary/aromatic N) is 8. The minimum absolute atomic E-state index is 0.501. The van der Waals surface area contributed by atoms with Crippen molar-refractivity contribution in [2.75, 3.05) is 0 Å². The Hall–Kier alpha value is -13.9. The lowest BCUT2D eigenvalue weighted by Gasteiger charge is -2.32. The first kappa shape index (κ1) is 71.1. The maximum Gasteiger partial charge on any atom is 0.499 e. The predicted molar refractivity (Wildman–Crippen MR) is 453 cm³/mol. The summed E-state index contributed by atoms with van der Waals surface area (Å²) in [5.41, 5.74) is 20.7. The second kappa shape index (κ2) is 30.7. The first-order valence-corrected chi connectivity index (χ1v) is 37.6. The van der Waals surface area contributed by atoms with Crippen molar-refractivity contribution in [2.24, 2.45) is 0 Å². The molecular weight excluding hydrogens is 1440 g/mol. The molecule has 0 amide bonds. The van der Waals surface area contributed by atoms with Crippen LogP contribution in [0.2, 0.25) is 0 Å². The van der Waals surface area contributed by atoms with E-state index in [1.54, 1.807) is 0 Å². The van der Waals surface area contributed by atoms with E-state index in [0.29, 0.717) is 46.1 Å². The molecule has 0 N–H and O–H groups in total. The van der Waals surface area contributed by atoms with Gasteiger partial charge in [-0.25, -0.2) is 29.9 Å². The molecule has 0 saturated carbocycles. The van der Waals surface area contributed by atoms with Crippen molar-refractivity contribution in [1.82, 2.24) is 29.9 Å². The number of hydrogen-bond acceptors (Lipinski definition) is 12. The summed E-state index contributed by atoms with van der Waals surface area (Å²) in [5, 5.41) is 22.2. The van der Waals surface area contributed by atoms with E-state index >= 15 is 0 Å². The lowest BCUT2D eigenvalue weighted by Crippen LogP contribution is -2.41. The molecule has 0 aliphatic carbocycles. The van der Waals surface area contributed by atoms with Crippen LogP contribution in [0.15, 0.2) is 353 Å². The Bertz CT molecular complexity index is 6420. The maximum atomic E-state index is 9.23. The molecule has 0 atom stereocenters. The van der Waals surface area contributed by atoms with E-state index in [4.69, 9.17) is 53.3 Å².